The maximum atomic E-state index is 13.1. The van der Waals surface area contributed by atoms with Crippen molar-refractivity contribution in [1.82, 2.24) is 4.90 Å². The molecule has 2 aromatic rings. The number of hydrogen-bond acceptors (Lipinski definition) is 4. The second-order valence-corrected chi connectivity index (χ2v) is 9.23. The van der Waals surface area contributed by atoms with Crippen molar-refractivity contribution in [2.45, 2.75) is 4.90 Å². The van der Waals surface area contributed by atoms with E-state index in [4.69, 9.17) is 0 Å². The number of rotatable bonds is 6. The molecule has 1 fully saturated rings. The Balaban J connectivity index is 1.54. The molecule has 0 bridgehead atoms. The van der Waals surface area contributed by atoms with Crippen LogP contribution in [0, 0.1) is 17.6 Å². The molecule has 0 aliphatic carbocycles. The zero-order chi connectivity index (χ0) is 18.9. The molecule has 8 heteroatoms. The molecule has 138 valence electrons. The summed E-state index contributed by atoms with van der Waals surface area (Å²) in [6, 6.07) is 8.66. The first-order chi connectivity index (χ1) is 12.2. The predicted molar refractivity (Wildman–Crippen MR) is 96.8 cm³/mol. The molecule has 1 aliphatic heterocycles. The molecular formula is C18H16BrF2NO3S. The minimum atomic E-state index is -3.48. The smallest absolute Gasteiger partial charge is 0.178 e. The number of sulfone groups is 1. The third kappa shape index (κ3) is 4.36. The largest absolute Gasteiger partial charge is 0.295 e. The number of benzene rings is 2. The lowest BCUT2D eigenvalue weighted by Crippen LogP contribution is -2.51. The Bertz CT molecular complexity index is 926. The molecule has 0 amide bonds. The monoisotopic (exact) mass is 443 g/mol. The van der Waals surface area contributed by atoms with Crippen LogP contribution in [0.2, 0.25) is 0 Å². The fourth-order valence-electron chi connectivity index (χ4n) is 2.96. The maximum absolute atomic E-state index is 13.1. The first-order valence-electron chi connectivity index (χ1n) is 7.93. The molecule has 0 aromatic heterocycles. The van der Waals surface area contributed by atoms with Gasteiger partial charge in [0.1, 0.15) is 11.6 Å². The van der Waals surface area contributed by atoms with E-state index in [1.54, 1.807) is 0 Å². The van der Waals surface area contributed by atoms with Gasteiger partial charge in [-0.2, -0.15) is 0 Å². The topological polar surface area (TPSA) is 54.5 Å². The second kappa shape index (κ2) is 7.54. The van der Waals surface area contributed by atoms with E-state index in [2.05, 4.69) is 15.9 Å². The van der Waals surface area contributed by atoms with E-state index < -0.39 is 21.5 Å². The average Bonchev–Trinajstić information content (AvgIpc) is 2.53. The normalized spacial score (nSPS) is 15.7. The highest BCUT2D eigenvalue weighted by atomic mass is 79.9. The molecule has 26 heavy (non-hydrogen) atoms. The lowest BCUT2D eigenvalue weighted by molar-refractivity contribution is 0.0770. The molecule has 4 nitrogen and oxygen atoms in total. The zero-order valence-corrected chi connectivity index (χ0v) is 16.1. The van der Waals surface area contributed by atoms with Crippen LogP contribution >= 0.6 is 15.9 Å². The van der Waals surface area contributed by atoms with Gasteiger partial charge in [-0.05, 0) is 64.3 Å². The summed E-state index contributed by atoms with van der Waals surface area (Å²) in [5, 5.41) is 0. The Morgan fingerprint density at radius 1 is 1.08 bits per heavy atom. The summed E-state index contributed by atoms with van der Waals surface area (Å²) in [6.07, 6.45) is 0. The van der Waals surface area contributed by atoms with Gasteiger partial charge < -0.3 is 0 Å². The minimum absolute atomic E-state index is 0.0381. The van der Waals surface area contributed by atoms with Crippen LogP contribution < -0.4 is 0 Å². The van der Waals surface area contributed by atoms with Gasteiger partial charge in [-0.1, -0.05) is 0 Å². The van der Waals surface area contributed by atoms with Crippen molar-refractivity contribution in [3.05, 3.63) is 64.1 Å². The van der Waals surface area contributed by atoms with Gasteiger partial charge in [0.2, 0.25) is 0 Å². The molecule has 1 aliphatic rings. The molecule has 0 saturated carbocycles. The lowest BCUT2D eigenvalue weighted by atomic mass is 10.0. The Morgan fingerprint density at radius 3 is 2.31 bits per heavy atom. The summed E-state index contributed by atoms with van der Waals surface area (Å²) in [4.78, 5) is 14.2. The van der Waals surface area contributed by atoms with Crippen molar-refractivity contribution in [2.75, 3.05) is 25.4 Å². The summed E-state index contributed by atoms with van der Waals surface area (Å²) in [5.41, 5.74) is 0.397. The highest BCUT2D eigenvalue weighted by molar-refractivity contribution is 9.10. The molecule has 0 radical (unpaired) electrons. The molecule has 0 N–H and O–H groups in total. The van der Waals surface area contributed by atoms with E-state index in [9.17, 15) is 22.0 Å². The molecular weight excluding hydrogens is 428 g/mol. The molecule has 0 spiro atoms. The first kappa shape index (κ1) is 19.1. The van der Waals surface area contributed by atoms with Crippen molar-refractivity contribution in [3.8, 4) is 0 Å². The van der Waals surface area contributed by atoms with E-state index in [1.807, 2.05) is 4.90 Å². The van der Waals surface area contributed by atoms with Crippen molar-refractivity contribution in [1.29, 1.82) is 0 Å². The van der Waals surface area contributed by atoms with Crippen molar-refractivity contribution in [2.24, 2.45) is 5.92 Å². The molecule has 0 atom stereocenters. The lowest BCUT2D eigenvalue weighted by Gasteiger charge is -2.38. The van der Waals surface area contributed by atoms with Crippen LogP contribution in [0.4, 0.5) is 8.78 Å². The quantitative estimate of drug-likeness (QED) is 0.507. The van der Waals surface area contributed by atoms with Gasteiger partial charge in [0.15, 0.2) is 15.6 Å². The number of likely N-dealkylation sites (tertiary alicyclic amines) is 1. The predicted octanol–water partition coefficient (Wildman–Crippen LogP) is 3.32. The van der Waals surface area contributed by atoms with Gasteiger partial charge in [0.25, 0.3) is 0 Å². The Hall–Kier alpha value is -1.64. The van der Waals surface area contributed by atoms with Crippen LogP contribution in [-0.4, -0.2) is 44.5 Å². The number of hydrogen-bond donors (Lipinski definition) is 0. The van der Waals surface area contributed by atoms with Gasteiger partial charge in [-0.15, -0.1) is 0 Å². The van der Waals surface area contributed by atoms with Crippen LogP contribution in [0.15, 0.2) is 51.8 Å². The van der Waals surface area contributed by atoms with E-state index in [1.165, 1.54) is 30.3 Å². The highest BCUT2D eigenvalue weighted by Gasteiger charge is 2.33. The number of ketones is 1. The number of carbonyl (C=O) groups excluding carboxylic acids is 1. The fourth-order valence-corrected chi connectivity index (χ4v) is 5.11. The van der Waals surface area contributed by atoms with Crippen LogP contribution in [0.1, 0.15) is 10.4 Å². The first-order valence-corrected chi connectivity index (χ1v) is 10.4. The number of nitrogens with zero attached hydrogens (tertiary/aromatic N) is 1. The maximum Gasteiger partial charge on any atom is 0.178 e. The molecule has 0 unspecified atom stereocenters. The van der Waals surface area contributed by atoms with Crippen molar-refractivity contribution in [3.63, 3.8) is 0 Å². The number of Topliss-reactive ketones (excluding diaryl/α,β-unsaturated/α-hetero) is 1. The van der Waals surface area contributed by atoms with Gasteiger partial charge in [0.05, 0.1) is 17.2 Å². The fraction of sp³-hybridized carbons (Fsp3) is 0.278. The second-order valence-electron chi connectivity index (χ2n) is 6.34. The average molecular weight is 444 g/mol. The summed E-state index contributed by atoms with van der Waals surface area (Å²) in [7, 11) is -3.48. The Kier molecular flexibility index (Phi) is 5.55. The third-order valence-electron chi connectivity index (χ3n) is 4.26. The van der Waals surface area contributed by atoms with E-state index in [0.29, 0.717) is 23.1 Å². The SMILES string of the molecule is O=C(CN1CC(CS(=O)(=O)c2ccc(F)cc2)C1)c1ccc(F)cc1Br. The summed E-state index contributed by atoms with van der Waals surface area (Å²) < 4.78 is 51.1. The Morgan fingerprint density at radius 2 is 1.69 bits per heavy atom. The van der Waals surface area contributed by atoms with Crippen LogP contribution in [0.5, 0.6) is 0 Å². The summed E-state index contributed by atoms with van der Waals surface area (Å²) >= 11 is 3.17. The van der Waals surface area contributed by atoms with Gasteiger partial charge in [-0.25, -0.2) is 17.2 Å². The van der Waals surface area contributed by atoms with Crippen LogP contribution in [0.3, 0.4) is 0 Å². The molecule has 3 rings (SSSR count). The molecule has 1 heterocycles. The highest BCUT2D eigenvalue weighted by Crippen LogP contribution is 2.24. The van der Waals surface area contributed by atoms with Gasteiger partial charge >= 0.3 is 0 Å². The minimum Gasteiger partial charge on any atom is -0.295 e. The van der Waals surface area contributed by atoms with Crippen LogP contribution in [0.25, 0.3) is 0 Å². The molecule has 1 saturated heterocycles. The number of carbonyl (C=O) groups is 1. The third-order valence-corrected chi connectivity index (χ3v) is 6.82. The van der Waals surface area contributed by atoms with Gasteiger partial charge in [-0.3, -0.25) is 9.69 Å². The van der Waals surface area contributed by atoms with Gasteiger partial charge in [0, 0.05) is 23.1 Å². The van der Waals surface area contributed by atoms with Crippen molar-refractivity contribution < 1.29 is 22.0 Å². The van der Waals surface area contributed by atoms with Crippen molar-refractivity contribution >= 4 is 31.6 Å². The standard InChI is InChI=1S/C18H16BrF2NO3S/c19-17-7-14(21)3-6-16(17)18(23)10-22-8-12(9-22)11-26(24,25)15-4-1-13(20)2-5-15/h1-7,12H,8-11H2. The van der Waals surface area contributed by atoms with E-state index in [-0.39, 0.29) is 28.9 Å². The van der Waals surface area contributed by atoms with E-state index in [0.717, 1.165) is 12.1 Å². The Labute approximate surface area is 158 Å². The summed E-state index contributed by atoms with van der Waals surface area (Å²) in [5.74, 6) is -1.18. The van der Waals surface area contributed by atoms with E-state index >= 15 is 0 Å². The molecule has 2 aromatic carbocycles. The zero-order valence-electron chi connectivity index (χ0n) is 13.7. The van der Waals surface area contributed by atoms with Crippen LogP contribution in [-0.2, 0) is 9.84 Å². The summed E-state index contributed by atoms with van der Waals surface area (Å²) in [6.45, 7) is 1.13. The number of halogens is 3.